The zero-order valence-corrected chi connectivity index (χ0v) is 11.0. The first kappa shape index (κ1) is 14.0. The molecule has 1 aliphatic heterocycles. The third-order valence-electron chi connectivity index (χ3n) is 2.95. The summed E-state index contributed by atoms with van der Waals surface area (Å²) in [5.41, 5.74) is -0.456. The van der Waals surface area contributed by atoms with E-state index in [-0.39, 0.29) is 25.4 Å². The Morgan fingerprint density at radius 3 is 2.84 bits per heavy atom. The van der Waals surface area contributed by atoms with Gasteiger partial charge in [-0.2, -0.15) is 0 Å². The molecule has 0 radical (unpaired) electrons. The van der Waals surface area contributed by atoms with Crippen molar-refractivity contribution in [1.82, 2.24) is 9.64 Å². The lowest BCUT2D eigenvalue weighted by molar-refractivity contribution is -0.0933. The highest BCUT2D eigenvalue weighted by Gasteiger charge is 2.27. The van der Waals surface area contributed by atoms with Crippen molar-refractivity contribution in [3.63, 3.8) is 0 Å². The van der Waals surface area contributed by atoms with Crippen molar-refractivity contribution in [2.24, 2.45) is 0 Å². The van der Waals surface area contributed by atoms with Gasteiger partial charge in [-0.15, -0.1) is 4.74 Å². The van der Waals surface area contributed by atoms with Crippen molar-refractivity contribution in [2.75, 3.05) is 26.2 Å². The Kier molecular flexibility index (Phi) is 4.18. The number of nitrogens with zero attached hydrogens (tertiary/aromatic N) is 2. The number of aliphatic hydroxyl groups is 1. The van der Waals surface area contributed by atoms with Gasteiger partial charge in [-0.25, -0.2) is 0 Å². The topological polar surface area (TPSA) is 84.9 Å². The minimum absolute atomic E-state index is 0.0613. The number of morpholine rings is 1. The maximum Gasteiger partial charge on any atom is 0.290 e. The molecule has 19 heavy (non-hydrogen) atoms. The van der Waals surface area contributed by atoms with Crippen LogP contribution in [-0.4, -0.2) is 59.1 Å². The Hall–Kier alpha value is -1.44. The molecule has 1 aromatic heterocycles. The van der Waals surface area contributed by atoms with Gasteiger partial charge in [-0.05, 0) is 13.8 Å². The van der Waals surface area contributed by atoms with Crippen molar-refractivity contribution in [3.8, 4) is 0 Å². The summed E-state index contributed by atoms with van der Waals surface area (Å²) in [6, 6.07) is 1.27. The van der Waals surface area contributed by atoms with Crippen LogP contribution < -0.4 is 5.56 Å². The molecule has 2 heterocycles. The normalized spacial score (nSPS) is 24.6. The molecule has 0 aliphatic carbocycles. The van der Waals surface area contributed by atoms with E-state index in [4.69, 9.17) is 14.4 Å². The number of carbonyl (C=O) groups excluding carboxylic acids is 1. The Morgan fingerprint density at radius 1 is 1.53 bits per heavy atom. The molecular weight excluding hydrogens is 252 g/mol. The molecule has 1 N–H and O–H groups in total. The fourth-order valence-electron chi connectivity index (χ4n) is 2.25. The standard InChI is InChI=1S/C12H18N2O5/c1-8-3-11(16)14(19-8)12(17)6-13-4-9(2)18-10(5-13)7-15/h3,9-10,15H,4-7H2,1-2H3. The SMILES string of the molecule is Cc1cc(=O)n(C(=O)CN2CC(C)OC(CO)C2)o1. The third kappa shape index (κ3) is 3.31. The molecule has 0 spiro atoms. The summed E-state index contributed by atoms with van der Waals surface area (Å²) in [6.07, 6.45) is -0.361. The predicted molar refractivity (Wildman–Crippen MR) is 66.2 cm³/mol. The number of rotatable bonds is 3. The van der Waals surface area contributed by atoms with E-state index in [9.17, 15) is 9.59 Å². The van der Waals surface area contributed by atoms with E-state index in [1.54, 1.807) is 6.92 Å². The molecule has 1 aromatic rings. The van der Waals surface area contributed by atoms with E-state index in [0.717, 1.165) is 4.74 Å². The molecule has 0 bridgehead atoms. The van der Waals surface area contributed by atoms with Crippen LogP contribution >= 0.6 is 0 Å². The predicted octanol–water partition coefficient (Wildman–Crippen LogP) is -0.528. The Morgan fingerprint density at radius 2 is 2.26 bits per heavy atom. The minimum atomic E-state index is -0.456. The average Bonchev–Trinajstić information content (AvgIpc) is 2.67. The first-order valence-corrected chi connectivity index (χ1v) is 6.21. The van der Waals surface area contributed by atoms with Crippen LogP contribution in [-0.2, 0) is 4.74 Å². The smallest absolute Gasteiger partial charge is 0.290 e. The number of ether oxygens (including phenoxy) is 1. The summed E-state index contributed by atoms with van der Waals surface area (Å²) in [5, 5.41) is 9.11. The summed E-state index contributed by atoms with van der Waals surface area (Å²) >= 11 is 0. The zero-order valence-electron chi connectivity index (χ0n) is 11.0. The van der Waals surface area contributed by atoms with Gasteiger partial charge in [0.15, 0.2) is 0 Å². The number of aromatic nitrogens is 1. The Bertz CT molecular complexity index is 506. The van der Waals surface area contributed by atoms with Crippen LogP contribution in [0.5, 0.6) is 0 Å². The van der Waals surface area contributed by atoms with Gasteiger partial charge in [0.05, 0.1) is 25.4 Å². The highest BCUT2D eigenvalue weighted by atomic mass is 16.5. The van der Waals surface area contributed by atoms with Gasteiger partial charge >= 0.3 is 0 Å². The van der Waals surface area contributed by atoms with Gasteiger partial charge in [0, 0.05) is 19.2 Å². The second kappa shape index (κ2) is 5.68. The molecule has 2 atom stereocenters. The van der Waals surface area contributed by atoms with E-state index >= 15 is 0 Å². The van der Waals surface area contributed by atoms with Crippen molar-refractivity contribution >= 4 is 5.91 Å². The molecule has 0 aromatic carbocycles. The van der Waals surface area contributed by atoms with E-state index in [2.05, 4.69) is 0 Å². The number of hydrogen-bond donors (Lipinski definition) is 1. The highest BCUT2D eigenvalue weighted by Crippen LogP contribution is 2.10. The highest BCUT2D eigenvalue weighted by molar-refractivity contribution is 5.79. The lowest BCUT2D eigenvalue weighted by Gasteiger charge is -2.35. The van der Waals surface area contributed by atoms with Crippen LogP contribution in [0.4, 0.5) is 0 Å². The van der Waals surface area contributed by atoms with Crippen molar-refractivity contribution < 1.29 is 19.2 Å². The molecule has 106 valence electrons. The van der Waals surface area contributed by atoms with E-state index in [0.29, 0.717) is 18.8 Å². The first-order chi connectivity index (χ1) is 8.99. The van der Waals surface area contributed by atoms with Crippen LogP contribution in [0.1, 0.15) is 17.5 Å². The molecular formula is C12H18N2O5. The fourth-order valence-corrected chi connectivity index (χ4v) is 2.25. The van der Waals surface area contributed by atoms with Crippen molar-refractivity contribution in [2.45, 2.75) is 26.1 Å². The summed E-state index contributed by atoms with van der Waals surface area (Å²) in [5.74, 6) is -0.00850. The van der Waals surface area contributed by atoms with Gasteiger partial charge in [0.1, 0.15) is 5.76 Å². The summed E-state index contributed by atoms with van der Waals surface area (Å²) in [6.45, 7) is 4.51. The lowest BCUT2D eigenvalue weighted by atomic mass is 10.2. The average molecular weight is 270 g/mol. The zero-order chi connectivity index (χ0) is 14.0. The minimum Gasteiger partial charge on any atom is -0.394 e. The van der Waals surface area contributed by atoms with Gasteiger partial charge in [0.2, 0.25) is 0 Å². The summed E-state index contributed by atoms with van der Waals surface area (Å²) in [7, 11) is 0. The Labute approximate surface area is 110 Å². The number of carbonyl (C=O) groups is 1. The fraction of sp³-hybridized carbons (Fsp3) is 0.667. The second-order valence-electron chi connectivity index (χ2n) is 4.82. The molecule has 7 nitrogen and oxygen atoms in total. The summed E-state index contributed by atoms with van der Waals surface area (Å²) in [4.78, 5) is 25.3. The van der Waals surface area contributed by atoms with Gasteiger partial charge in [0.25, 0.3) is 11.5 Å². The molecule has 1 aliphatic rings. The number of aryl methyl sites for hydroxylation is 1. The molecule has 0 amide bonds. The largest absolute Gasteiger partial charge is 0.394 e. The van der Waals surface area contributed by atoms with E-state index in [1.165, 1.54) is 6.07 Å². The molecule has 7 heteroatoms. The lowest BCUT2D eigenvalue weighted by Crippen LogP contribution is -2.50. The monoisotopic (exact) mass is 270 g/mol. The molecule has 1 fully saturated rings. The van der Waals surface area contributed by atoms with Crippen molar-refractivity contribution in [3.05, 3.63) is 22.2 Å². The van der Waals surface area contributed by atoms with Crippen LogP contribution in [0.3, 0.4) is 0 Å². The number of hydrogen-bond acceptors (Lipinski definition) is 6. The maximum atomic E-state index is 12.0. The summed E-state index contributed by atoms with van der Waals surface area (Å²) < 4.78 is 11.3. The van der Waals surface area contributed by atoms with Gasteiger partial charge in [-0.3, -0.25) is 14.5 Å². The van der Waals surface area contributed by atoms with E-state index < -0.39 is 11.5 Å². The molecule has 1 saturated heterocycles. The first-order valence-electron chi connectivity index (χ1n) is 6.21. The maximum absolute atomic E-state index is 12.0. The van der Waals surface area contributed by atoms with Crippen LogP contribution in [0.15, 0.2) is 15.4 Å². The van der Waals surface area contributed by atoms with Crippen LogP contribution in [0.25, 0.3) is 0 Å². The van der Waals surface area contributed by atoms with Crippen molar-refractivity contribution in [1.29, 1.82) is 0 Å². The quantitative estimate of drug-likeness (QED) is 0.795. The number of aliphatic hydroxyl groups excluding tert-OH is 1. The Balaban J connectivity index is 2.02. The second-order valence-corrected chi connectivity index (χ2v) is 4.82. The molecule has 0 saturated carbocycles. The van der Waals surface area contributed by atoms with Crippen LogP contribution in [0, 0.1) is 6.92 Å². The van der Waals surface area contributed by atoms with E-state index in [1.807, 2.05) is 11.8 Å². The third-order valence-corrected chi connectivity index (χ3v) is 2.95. The van der Waals surface area contributed by atoms with Gasteiger partial charge in [-0.1, -0.05) is 0 Å². The molecule has 2 rings (SSSR count). The molecule has 2 unspecified atom stereocenters. The van der Waals surface area contributed by atoms with Crippen LogP contribution in [0.2, 0.25) is 0 Å². The van der Waals surface area contributed by atoms with Gasteiger partial charge < -0.3 is 14.4 Å².